The van der Waals surface area contributed by atoms with Gasteiger partial charge >= 0.3 is 0 Å². The highest BCUT2D eigenvalue weighted by Crippen LogP contribution is 2.26. The van der Waals surface area contributed by atoms with Gasteiger partial charge in [0.1, 0.15) is 12.2 Å². The van der Waals surface area contributed by atoms with Crippen molar-refractivity contribution in [2.24, 2.45) is 5.41 Å². The van der Waals surface area contributed by atoms with Gasteiger partial charge in [-0.25, -0.2) is 9.67 Å². The van der Waals surface area contributed by atoms with Crippen molar-refractivity contribution >= 4 is 6.20 Å². The molecule has 3 nitrogen and oxygen atoms in total. The molecule has 0 bridgehead atoms. The summed E-state index contributed by atoms with van der Waals surface area (Å²) in [6.07, 6.45) is 6.71. The van der Waals surface area contributed by atoms with Gasteiger partial charge < -0.3 is 0 Å². The number of aromatic nitrogens is 3. The maximum absolute atomic E-state index is 4.15. The number of rotatable bonds is 0. The van der Waals surface area contributed by atoms with Crippen LogP contribution in [0, 0.1) is 5.41 Å². The molecule has 0 saturated carbocycles. The van der Waals surface area contributed by atoms with Crippen molar-refractivity contribution in [1.82, 2.24) is 14.8 Å². The second-order valence-electron chi connectivity index (χ2n) is 3.60. The Morgan fingerprint density at radius 3 is 3.18 bits per heavy atom. The summed E-state index contributed by atoms with van der Waals surface area (Å²) in [7, 11) is 0. The molecule has 0 saturated heterocycles. The zero-order valence-corrected chi connectivity index (χ0v) is 6.78. The third-order valence-electron chi connectivity index (χ3n) is 1.93. The van der Waals surface area contributed by atoms with Crippen LogP contribution in [0.15, 0.2) is 12.4 Å². The van der Waals surface area contributed by atoms with Crippen LogP contribution in [-0.4, -0.2) is 14.8 Å². The molecule has 0 aromatic carbocycles. The Morgan fingerprint density at radius 2 is 2.36 bits per heavy atom. The Labute approximate surface area is 65.8 Å². The molecule has 0 unspecified atom stereocenters. The van der Waals surface area contributed by atoms with Crippen molar-refractivity contribution in [3.05, 3.63) is 18.2 Å². The highest BCUT2D eigenvalue weighted by molar-refractivity contribution is 5.29. The number of nitrogens with zero attached hydrogens (tertiary/aromatic N) is 3. The van der Waals surface area contributed by atoms with Crippen LogP contribution < -0.4 is 0 Å². The van der Waals surface area contributed by atoms with Crippen LogP contribution in [0.25, 0.3) is 6.20 Å². The molecule has 0 N–H and O–H groups in total. The highest BCUT2D eigenvalue weighted by Gasteiger charge is 2.21. The molecule has 1 aromatic rings. The summed E-state index contributed by atoms with van der Waals surface area (Å²) in [5.41, 5.74) is 0.239. The monoisotopic (exact) mass is 149 g/mol. The van der Waals surface area contributed by atoms with Gasteiger partial charge in [-0.15, -0.1) is 0 Å². The Morgan fingerprint density at radius 1 is 1.55 bits per heavy atom. The van der Waals surface area contributed by atoms with Gasteiger partial charge in [-0.3, -0.25) is 0 Å². The normalized spacial score (nSPS) is 19.8. The van der Waals surface area contributed by atoms with Gasteiger partial charge in [0.15, 0.2) is 0 Å². The van der Waals surface area contributed by atoms with Gasteiger partial charge in [-0.1, -0.05) is 19.9 Å². The van der Waals surface area contributed by atoms with Crippen LogP contribution in [0.5, 0.6) is 0 Å². The SMILES string of the molecule is CC1(C)C=Cn2ncnc2C1. The second kappa shape index (κ2) is 1.94. The Balaban J connectivity index is 2.44. The number of hydrogen-bond acceptors (Lipinski definition) is 2. The molecule has 2 heterocycles. The minimum Gasteiger partial charge on any atom is -0.225 e. The molecule has 0 atom stereocenters. The van der Waals surface area contributed by atoms with E-state index in [0.717, 1.165) is 12.2 Å². The van der Waals surface area contributed by atoms with Crippen LogP contribution >= 0.6 is 0 Å². The molecule has 3 heteroatoms. The minimum absolute atomic E-state index is 0.239. The Bertz CT molecular complexity index is 296. The highest BCUT2D eigenvalue weighted by atomic mass is 15.3. The third-order valence-corrected chi connectivity index (χ3v) is 1.93. The molecule has 1 aliphatic heterocycles. The summed E-state index contributed by atoms with van der Waals surface area (Å²) in [6.45, 7) is 4.39. The lowest BCUT2D eigenvalue weighted by Crippen LogP contribution is -2.19. The van der Waals surface area contributed by atoms with E-state index in [4.69, 9.17) is 0 Å². The molecule has 0 spiro atoms. The van der Waals surface area contributed by atoms with Crippen molar-refractivity contribution < 1.29 is 0 Å². The molecule has 1 aliphatic rings. The fraction of sp³-hybridized carbons (Fsp3) is 0.500. The van der Waals surface area contributed by atoms with Gasteiger partial charge in [0.2, 0.25) is 0 Å². The summed E-state index contributed by atoms with van der Waals surface area (Å²) >= 11 is 0. The van der Waals surface area contributed by atoms with Crippen molar-refractivity contribution in [3.63, 3.8) is 0 Å². The average molecular weight is 149 g/mol. The van der Waals surface area contributed by atoms with Crippen molar-refractivity contribution in [2.45, 2.75) is 20.3 Å². The summed E-state index contributed by atoms with van der Waals surface area (Å²) in [5.74, 6) is 1.05. The molecule has 0 fully saturated rings. The van der Waals surface area contributed by atoms with E-state index in [0.29, 0.717) is 0 Å². The van der Waals surface area contributed by atoms with Crippen molar-refractivity contribution in [1.29, 1.82) is 0 Å². The van der Waals surface area contributed by atoms with E-state index < -0.39 is 0 Å². The zero-order chi connectivity index (χ0) is 7.90. The molecule has 0 amide bonds. The summed E-state index contributed by atoms with van der Waals surface area (Å²) in [5, 5.41) is 4.04. The van der Waals surface area contributed by atoms with Crippen molar-refractivity contribution in [2.75, 3.05) is 0 Å². The van der Waals surface area contributed by atoms with Crippen molar-refractivity contribution in [3.8, 4) is 0 Å². The molecule has 11 heavy (non-hydrogen) atoms. The summed E-state index contributed by atoms with van der Waals surface area (Å²) in [4.78, 5) is 4.15. The van der Waals surface area contributed by atoms with Gasteiger partial charge in [-0.2, -0.15) is 5.10 Å². The van der Waals surface area contributed by atoms with Crippen LogP contribution in [0.1, 0.15) is 19.7 Å². The first-order valence-electron chi connectivity index (χ1n) is 3.75. The fourth-order valence-electron chi connectivity index (χ4n) is 1.26. The molecule has 0 radical (unpaired) electrons. The molecule has 1 aromatic heterocycles. The molecular weight excluding hydrogens is 138 g/mol. The van der Waals surface area contributed by atoms with Crippen LogP contribution in [-0.2, 0) is 6.42 Å². The van der Waals surface area contributed by atoms with E-state index in [1.165, 1.54) is 0 Å². The van der Waals surface area contributed by atoms with Crippen LogP contribution in [0.4, 0.5) is 0 Å². The van der Waals surface area contributed by atoms with E-state index in [1.54, 1.807) is 6.33 Å². The van der Waals surface area contributed by atoms with E-state index in [1.807, 2.05) is 10.9 Å². The predicted molar refractivity (Wildman–Crippen MR) is 42.8 cm³/mol. The van der Waals surface area contributed by atoms with E-state index >= 15 is 0 Å². The first-order valence-corrected chi connectivity index (χ1v) is 3.75. The number of fused-ring (bicyclic) bond motifs is 1. The quantitative estimate of drug-likeness (QED) is 0.557. The van der Waals surface area contributed by atoms with E-state index in [-0.39, 0.29) is 5.41 Å². The smallest absolute Gasteiger partial charge is 0.138 e. The summed E-state index contributed by atoms with van der Waals surface area (Å²) in [6, 6.07) is 0. The maximum atomic E-state index is 4.15. The summed E-state index contributed by atoms with van der Waals surface area (Å²) < 4.78 is 1.82. The lowest BCUT2D eigenvalue weighted by atomic mass is 9.88. The second-order valence-corrected chi connectivity index (χ2v) is 3.60. The van der Waals surface area contributed by atoms with E-state index in [2.05, 4.69) is 30.0 Å². The number of hydrogen-bond donors (Lipinski definition) is 0. The third kappa shape index (κ3) is 1.06. The molecule has 58 valence electrons. The van der Waals surface area contributed by atoms with E-state index in [9.17, 15) is 0 Å². The van der Waals surface area contributed by atoms with Gasteiger partial charge in [-0.05, 0) is 5.41 Å². The van der Waals surface area contributed by atoms with Crippen LogP contribution in [0.2, 0.25) is 0 Å². The Kier molecular flexibility index (Phi) is 1.16. The first-order chi connectivity index (χ1) is 5.17. The largest absolute Gasteiger partial charge is 0.225 e. The predicted octanol–water partition coefficient (Wildman–Crippen LogP) is 1.33. The van der Waals surface area contributed by atoms with Gasteiger partial charge in [0, 0.05) is 12.6 Å². The Hall–Kier alpha value is -1.12. The lowest BCUT2D eigenvalue weighted by molar-refractivity contribution is 0.448. The number of allylic oxidation sites excluding steroid dienone is 1. The molecule has 2 rings (SSSR count). The molecular formula is C8H11N3. The minimum atomic E-state index is 0.239. The van der Waals surface area contributed by atoms with Crippen LogP contribution in [0.3, 0.4) is 0 Å². The van der Waals surface area contributed by atoms with Gasteiger partial charge in [0.05, 0.1) is 0 Å². The lowest BCUT2D eigenvalue weighted by Gasteiger charge is -2.22. The zero-order valence-electron chi connectivity index (χ0n) is 6.78. The maximum Gasteiger partial charge on any atom is 0.138 e. The first kappa shape index (κ1) is 6.58. The standard InChI is InChI=1S/C8H11N3/c1-8(2)3-4-11-7(5-8)9-6-10-11/h3-4,6H,5H2,1-2H3. The average Bonchev–Trinajstić information content (AvgIpc) is 2.31. The molecule has 0 aliphatic carbocycles. The topological polar surface area (TPSA) is 30.7 Å². The van der Waals surface area contributed by atoms with Gasteiger partial charge in [0.25, 0.3) is 0 Å². The fourth-order valence-corrected chi connectivity index (χ4v) is 1.26.